The first-order valence-corrected chi connectivity index (χ1v) is 5.49. The molecule has 1 aromatic carbocycles. The average Bonchev–Trinajstić information content (AvgIpc) is 2.01. The fourth-order valence-electron chi connectivity index (χ4n) is 0.820. The minimum atomic E-state index is 0.137. The van der Waals surface area contributed by atoms with Crippen LogP contribution in [0.1, 0.15) is 5.56 Å². The molecule has 0 saturated heterocycles. The number of hydrogen-bond donors (Lipinski definition) is 2. The fraction of sp³-hybridized carbons (Fsp3) is 0. The molecule has 0 aliphatic heterocycles. The molecular formula is C8H7ClIN3S. The van der Waals surface area contributed by atoms with Crippen LogP contribution in [0.25, 0.3) is 0 Å². The predicted molar refractivity (Wildman–Crippen MR) is 71.7 cm³/mol. The highest BCUT2D eigenvalue weighted by molar-refractivity contribution is 14.1. The second-order valence-corrected chi connectivity index (χ2v) is 4.56. The number of nitrogens with zero attached hydrogens (tertiary/aromatic N) is 1. The number of hydrazone groups is 1. The van der Waals surface area contributed by atoms with E-state index in [1.165, 1.54) is 0 Å². The highest BCUT2D eigenvalue weighted by Gasteiger charge is 1.94. The molecule has 0 spiro atoms. The first kappa shape index (κ1) is 11.7. The van der Waals surface area contributed by atoms with Gasteiger partial charge in [0.25, 0.3) is 0 Å². The second kappa shape index (κ2) is 5.47. The smallest absolute Gasteiger partial charge is 0.184 e. The van der Waals surface area contributed by atoms with Crippen molar-refractivity contribution in [3.63, 3.8) is 0 Å². The Bertz CT molecular complexity index is 361. The van der Waals surface area contributed by atoms with Crippen LogP contribution in [0.15, 0.2) is 23.3 Å². The molecular weight excluding hydrogens is 333 g/mol. The van der Waals surface area contributed by atoms with E-state index in [1.54, 1.807) is 12.3 Å². The Balaban J connectivity index is 2.76. The second-order valence-electron chi connectivity index (χ2n) is 2.44. The lowest BCUT2D eigenvalue weighted by molar-refractivity contribution is 1.04. The first-order chi connectivity index (χ1) is 6.58. The summed E-state index contributed by atoms with van der Waals surface area (Å²) in [5.74, 6) is 0. The maximum Gasteiger partial charge on any atom is 0.184 e. The van der Waals surface area contributed by atoms with E-state index in [4.69, 9.17) is 17.3 Å². The molecule has 74 valence electrons. The van der Waals surface area contributed by atoms with Crippen molar-refractivity contribution in [1.29, 1.82) is 0 Å². The van der Waals surface area contributed by atoms with Gasteiger partial charge in [-0.3, -0.25) is 5.43 Å². The van der Waals surface area contributed by atoms with Gasteiger partial charge < -0.3 is 5.73 Å². The number of nitrogens with two attached hydrogens (primary N) is 1. The zero-order valence-electron chi connectivity index (χ0n) is 7.00. The first-order valence-electron chi connectivity index (χ1n) is 3.62. The standard InChI is InChI=1S/C8H7ClIN3S/c9-6-1-5(2-7(10)3-6)4-12-13-8(11)14/h1-4H,(H3,11,13,14). The van der Waals surface area contributed by atoms with Gasteiger partial charge in [0, 0.05) is 8.59 Å². The average molecular weight is 340 g/mol. The number of benzene rings is 1. The minimum absolute atomic E-state index is 0.137. The molecule has 0 saturated carbocycles. The topological polar surface area (TPSA) is 50.4 Å². The molecule has 0 atom stereocenters. The molecule has 3 N–H and O–H groups in total. The van der Waals surface area contributed by atoms with Crippen LogP contribution in [0.4, 0.5) is 0 Å². The zero-order chi connectivity index (χ0) is 10.6. The van der Waals surface area contributed by atoms with E-state index in [1.807, 2.05) is 12.1 Å². The van der Waals surface area contributed by atoms with Gasteiger partial charge in [-0.2, -0.15) is 5.10 Å². The third-order valence-electron chi connectivity index (χ3n) is 1.27. The van der Waals surface area contributed by atoms with Crippen LogP contribution in [0.2, 0.25) is 5.02 Å². The highest BCUT2D eigenvalue weighted by Crippen LogP contribution is 2.15. The van der Waals surface area contributed by atoms with Crippen molar-refractivity contribution in [1.82, 2.24) is 5.43 Å². The maximum absolute atomic E-state index is 5.85. The van der Waals surface area contributed by atoms with Crippen molar-refractivity contribution in [3.05, 3.63) is 32.4 Å². The SMILES string of the molecule is NC(=S)NN=Cc1cc(Cl)cc(I)c1. The van der Waals surface area contributed by atoms with E-state index in [2.05, 4.69) is 45.3 Å². The van der Waals surface area contributed by atoms with Crippen LogP contribution >= 0.6 is 46.4 Å². The highest BCUT2D eigenvalue weighted by atomic mass is 127. The predicted octanol–water partition coefficient (Wildman–Crippen LogP) is 2.11. The molecule has 3 nitrogen and oxygen atoms in total. The number of rotatable bonds is 2. The Morgan fingerprint density at radius 1 is 1.57 bits per heavy atom. The largest absolute Gasteiger partial charge is 0.375 e. The van der Waals surface area contributed by atoms with Crippen molar-refractivity contribution in [2.45, 2.75) is 0 Å². The van der Waals surface area contributed by atoms with Crippen molar-refractivity contribution >= 4 is 57.7 Å². The fourth-order valence-corrected chi connectivity index (χ4v) is 2.00. The minimum Gasteiger partial charge on any atom is -0.375 e. The number of halogens is 2. The Morgan fingerprint density at radius 3 is 2.86 bits per heavy atom. The monoisotopic (exact) mass is 339 g/mol. The van der Waals surface area contributed by atoms with Crippen molar-refractivity contribution in [2.24, 2.45) is 10.8 Å². The molecule has 0 heterocycles. The summed E-state index contributed by atoms with van der Waals surface area (Å²) >= 11 is 12.6. The number of nitrogens with one attached hydrogen (secondary N) is 1. The Labute approximate surface area is 106 Å². The van der Waals surface area contributed by atoms with Crippen molar-refractivity contribution in [3.8, 4) is 0 Å². The molecule has 14 heavy (non-hydrogen) atoms. The summed E-state index contributed by atoms with van der Waals surface area (Å²) in [6.45, 7) is 0. The summed E-state index contributed by atoms with van der Waals surface area (Å²) in [4.78, 5) is 0. The molecule has 0 aliphatic carbocycles. The molecule has 6 heteroatoms. The Morgan fingerprint density at radius 2 is 2.29 bits per heavy atom. The van der Waals surface area contributed by atoms with Gasteiger partial charge in [-0.05, 0) is 58.6 Å². The quantitative estimate of drug-likeness (QED) is 0.375. The lowest BCUT2D eigenvalue weighted by Crippen LogP contribution is -2.23. The third-order valence-corrected chi connectivity index (χ3v) is 2.21. The van der Waals surface area contributed by atoms with Gasteiger partial charge in [0.1, 0.15) is 0 Å². The van der Waals surface area contributed by atoms with E-state index in [9.17, 15) is 0 Å². The maximum atomic E-state index is 5.85. The number of thiocarbonyl (C=S) groups is 1. The van der Waals surface area contributed by atoms with Crippen LogP contribution in [0.5, 0.6) is 0 Å². The normalized spacial score (nSPS) is 10.4. The number of hydrogen-bond acceptors (Lipinski definition) is 2. The van der Waals surface area contributed by atoms with E-state index in [0.29, 0.717) is 5.02 Å². The van der Waals surface area contributed by atoms with Gasteiger partial charge in [-0.1, -0.05) is 11.6 Å². The molecule has 0 bridgehead atoms. The van der Waals surface area contributed by atoms with Crippen LogP contribution < -0.4 is 11.2 Å². The molecule has 0 aliphatic rings. The molecule has 1 aromatic rings. The lowest BCUT2D eigenvalue weighted by Gasteiger charge is -1.97. The van der Waals surface area contributed by atoms with E-state index in [-0.39, 0.29) is 5.11 Å². The Kier molecular flexibility index (Phi) is 4.56. The van der Waals surface area contributed by atoms with Gasteiger partial charge in [-0.25, -0.2) is 0 Å². The van der Waals surface area contributed by atoms with E-state index in [0.717, 1.165) is 9.13 Å². The summed E-state index contributed by atoms with van der Waals surface area (Å²) in [5.41, 5.74) is 8.56. The van der Waals surface area contributed by atoms with Crippen molar-refractivity contribution in [2.75, 3.05) is 0 Å². The summed E-state index contributed by atoms with van der Waals surface area (Å²) in [5, 5.41) is 4.63. The van der Waals surface area contributed by atoms with Crippen LogP contribution in [-0.2, 0) is 0 Å². The summed E-state index contributed by atoms with van der Waals surface area (Å²) in [6, 6.07) is 5.60. The van der Waals surface area contributed by atoms with Gasteiger partial charge >= 0.3 is 0 Å². The van der Waals surface area contributed by atoms with Gasteiger partial charge in [0.05, 0.1) is 6.21 Å². The van der Waals surface area contributed by atoms with E-state index >= 15 is 0 Å². The van der Waals surface area contributed by atoms with E-state index < -0.39 is 0 Å². The lowest BCUT2D eigenvalue weighted by atomic mass is 10.2. The van der Waals surface area contributed by atoms with Crippen LogP contribution in [-0.4, -0.2) is 11.3 Å². The van der Waals surface area contributed by atoms with Crippen molar-refractivity contribution < 1.29 is 0 Å². The summed E-state index contributed by atoms with van der Waals surface area (Å²) < 4.78 is 1.05. The van der Waals surface area contributed by atoms with Gasteiger partial charge in [0.15, 0.2) is 5.11 Å². The van der Waals surface area contributed by atoms with Crippen LogP contribution in [0.3, 0.4) is 0 Å². The molecule has 1 rings (SSSR count). The summed E-state index contributed by atoms with van der Waals surface area (Å²) in [6.07, 6.45) is 1.60. The van der Waals surface area contributed by atoms with Gasteiger partial charge in [0.2, 0.25) is 0 Å². The summed E-state index contributed by atoms with van der Waals surface area (Å²) in [7, 11) is 0. The molecule has 0 amide bonds. The molecule has 0 unspecified atom stereocenters. The molecule has 0 radical (unpaired) electrons. The Hall–Kier alpha value is -0.400. The molecule has 0 fully saturated rings. The zero-order valence-corrected chi connectivity index (χ0v) is 10.7. The van der Waals surface area contributed by atoms with Crippen LogP contribution in [0, 0.1) is 3.57 Å². The third kappa shape index (κ3) is 4.21. The van der Waals surface area contributed by atoms with Gasteiger partial charge in [-0.15, -0.1) is 0 Å². The molecule has 0 aromatic heterocycles.